The molecule has 1 aliphatic heterocycles. The predicted octanol–water partition coefficient (Wildman–Crippen LogP) is -0.875. The van der Waals surface area contributed by atoms with Crippen molar-refractivity contribution < 1.29 is 9.59 Å². The summed E-state index contributed by atoms with van der Waals surface area (Å²) in [5.74, 6) is -0.217. The van der Waals surface area contributed by atoms with E-state index in [4.69, 9.17) is 0 Å². The number of carbonyl (C=O) groups excluding carboxylic acids is 2. The molecule has 3 amide bonds. The lowest BCUT2D eigenvalue weighted by molar-refractivity contribution is -0.118. The number of nitrogens with zero attached hydrogens (tertiary/aromatic N) is 1. The summed E-state index contributed by atoms with van der Waals surface area (Å²) >= 11 is 0. The van der Waals surface area contributed by atoms with Crippen LogP contribution in [0.5, 0.6) is 0 Å². The fourth-order valence-electron chi connectivity index (χ4n) is 0.799. The van der Waals surface area contributed by atoms with Gasteiger partial charge in [-0.25, -0.2) is 4.79 Å². The van der Waals surface area contributed by atoms with Crippen molar-refractivity contribution in [2.45, 2.75) is 6.04 Å². The number of hydrogen-bond acceptors (Lipinski definition) is 2. The fourth-order valence-corrected chi connectivity index (χ4v) is 1.07. The number of imide groups is 1. The normalized spacial score (nSPS) is 17.9. The first-order valence-electron chi connectivity index (χ1n) is 2.97. The van der Waals surface area contributed by atoms with Crippen LogP contribution in [0.3, 0.4) is 0 Å². The molecule has 5 heteroatoms. The van der Waals surface area contributed by atoms with Crippen LogP contribution < -0.4 is 5.32 Å². The van der Waals surface area contributed by atoms with E-state index in [2.05, 4.69) is 15.6 Å². The predicted molar refractivity (Wildman–Crippen MR) is 35.7 cm³/mol. The minimum atomic E-state index is -0.289. The third kappa shape index (κ3) is 1.35. The van der Waals surface area contributed by atoms with Crippen LogP contribution in [0, 0.1) is 0 Å². The highest BCUT2D eigenvalue weighted by molar-refractivity contribution is 6.09. The van der Waals surface area contributed by atoms with E-state index in [9.17, 15) is 9.59 Å². The van der Waals surface area contributed by atoms with Crippen molar-refractivity contribution in [3.8, 4) is 0 Å². The van der Waals surface area contributed by atoms with Gasteiger partial charge in [0.1, 0.15) is 6.54 Å². The molecule has 4 nitrogen and oxygen atoms in total. The van der Waals surface area contributed by atoms with Crippen LogP contribution in [0.2, 0.25) is 6.04 Å². The molecule has 1 N–H and O–H groups in total. The smallest absolute Gasteiger partial charge is 0.315 e. The maximum Gasteiger partial charge on any atom is 0.324 e. The lowest BCUT2D eigenvalue weighted by Crippen LogP contribution is -2.28. The highest BCUT2D eigenvalue weighted by Crippen LogP contribution is 1.97. The van der Waals surface area contributed by atoms with Crippen molar-refractivity contribution in [2.75, 3.05) is 13.1 Å². The molecular weight excluding hydrogens is 148 g/mol. The van der Waals surface area contributed by atoms with E-state index in [-0.39, 0.29) is 18.5 Å². The summed E-state index contributed by atoms with van der Waals surface area (Å²) in [6.07, 6.45) is 0. The van der Waals surface area contributed by atoms with Crippen LogP contribution in [-0.4, -0.2) is 40.2 Å². The highest BCUT2D eigenvalue weighted by Gasteiger charge is 2.24. The lowest BCUT2D eigenvalue weighted by Gasteiger charge is -2.09. The molecule has 1 saturated heterocycles. The molecule has 1 fully saturated rings. The quantitative estimate of drug-likeness (QED) is 0.416. The van der Waals surface area contributed by atoms with Crippen LogP contribution in [0.15, 0.2) is 0 Å². The molecule has 0 spiro atoms. The minimum absolute atomic E-state index is 0.198. The Kier molecular flexibility index (Phi) is 2.05. The van der Waals surface area contributed by atoms with Crippen molar-refractivity contribution in [3.63, 3.8) is 0 Å². The Morgan fingerprint density at radius 2 is 2.30 bits per heavy atom. The van der Waals surface area contributed by atoms with Gasteiger partial charge >= 0.3 is 6.03 Å². The van der Waals surface area contributed by atoms with E-state index in [0.717, 1.165) is 0 Å². The Bertz CT molecular complexity index is 171. The first kappa shape index (κ1) is 7.27. The van der Waals surface area contributed by atoms with Crippen LogP contribution in [0.1, 0.15) is 0 Å². The molecule has 0 aromatic carbocycles. The molecule has 0 bridgehead atoms. The highest BCUT2D eigenvalue weighted by atomic mass is 28.1. The van der Waals surface area contributed by atoms with Crippen LogP contribution in [0.4, 0.5) is 4.79 Å². The molecular formula is C5H7N2O2Si. The first-order chi connectivity index (χ1) is 4.74. The molecule has 0 aromatic heterocycles. The van der Waals surface area contributed by atoms with Gasteiger partial charge in [-0.1, -0.05) is 0 Å². The zero-order valence-electron chi connectivity index (χ0n) is 5.39. The average molecular weight is 155 g/mol. The van der Waals surface area contributed by atoms with E-state index < -0.39 is 0 Å². The minimum Gasteiger partial charge on any atom is -0.315 e. The van der Waals surface area contributed by atoms with Crippen molar-refractivity contribution >= 4 is 22.2 Å². The van der Waals surface area contributed by atoms with Gasteiger partial charge in [-0.15, -0.1) is 0 Å². The van der Waals surface area contributed by atoms with Gasteiger partial charge in [-0.05, 0) is 6.04 Å². The number of carbonyl (C=O) groups is 2. The van der Waals surface area contributed by atoms with E-state index in [1.807, 2.05) is 0 Å². The molecule has 1 aliphatic rings. The molecule has 0 aliphatic carbocycles. The summed E-state index contributed by atoms with van der Waals surface area (Å²) in [4.78, 5) is 22.7. The summed E-state index contributed by atoms with van der Waals surface area (Å²) in [6.45, 7) is 0.776. The Hall–Kier alpha value is -0.843. The van der Waals surface area contributed by atoms with Crippen molar-refractivity contribution in [1.82, 2.24) is 10.2 Å². The van der Waals surface area contributed by atoms with Crippen molar-refractivity contribution in [1.29, 1.82) is 0 Å². The largest absolute Gasteiger partial charge is 0.324 e. The number of urea groups is 1. The molecule has 10 heavy (non-hydrogen) atoms. The molecule has 0 atom stereocenters. The van der Waals surface area contributed by atoms with E-state index in [1.165, 1.54) is 4.90 Å². The van der Waals surface area contributed by atoms with E-state index >= 15 is 0 Å². The number of hydrogen-bond donors (Lipinski definition) is 1. The zero-order chi connectivity index (χ0) is 7.56. The third-order valence-electron chi connectivity index (χ3n) is 1.25. The Morgan fingerprint density at radius 1 is 1.60 bits per heavy atom. The van der Waals surface area contributed by atoms with Gasteiger partial charge in [0.05, 0.1) is 0 Å². The second-order valence-electron chi connectivity index (χ2n) is 2.02. The Labute approximate surface area is 62.0 Å². The molecule has 0 aromatic rings. The third-order valence-corrected chi connectivity index (χ3v) is 1.47. The van der Waals surface area contributed by atoms with Crippen LogP contribution in [-0.2, 0) is 4.79 Å². The molecule has 0 saturated carbocycles. The number of amides is 3. The standard InChI is InChI=1S/C5H7N2O2Si/c8-4-3-7(1-2-10)5(9)6-4/h1-3H2,(H,6,8,9). The molecule has 1 heterocycles. The second-order valence-corrected chi connectivity index (χ2v) is 2.52. The van der Waals surface area contributed by atoms with Crippen molar-refractivity contribution in [3.05, 3.63) is 0 Å². The monoisotopic (exact) mass is 155 g/mol. The van der Waals surface area contributed by atoms with Gasteiger partial charge in [0.25, 0.3) is 0 Å². The second kappa shape index (κ2) is 2.83. The maximum absolute atomic E-state index is 10.7. The van der Waals surface area contributed by atoms with Crippen LogP contribution in [0.25, 0.3) is 0 Å². The van der Waals surface area contributed by atoms with Gasteiger partial charge in [0, 0.05) is 16.8 Å². The zero-order valence-corrected chi connectivity index (χ0v) is 6.39. The fraction of sp³-hybridized carbons (Fsp3) is 0.600. The summed E-state index contributed by atoms with van der Waals surface area (Å²) in [6, 6.07) is 0.406. The topological polar surface area (TPSA) is 49.4 Å². The van der Waals surface area contributed by atoms with Gasteiger partial charge < -0.3 is 4.90 Å². The average Bonchev–Trinajstić information content (AvgIpc) is 2.13. The molecule has 0 unspecified atom stereocenters. The van der Waals surface area contributed by atoms with Gasteiger partial charge in [-0.2, -0.15) is 0 Å². The lowest BCUT2D eigenvalue weighted by atomic mass is 10.5. The van der Waals surface area contributed by atoms with Gasteiger partial charge in [0.15, 0.2) is 0 Å². The summed E-state index contributed by atoms with van der Waals surface area (Å²) in [5, 5.41) is 2.18. The van der Waals surface area contributed by atoms with Gasteiger partial charge in [-0.3, -0.25) is 10.1 Å². The van der Waals surface area contributed by atoms with Gasteiger partial charge in [0.2, 0.25) is 5.91 Å². The molecule has 53 valence electrons. The summed E-state index contributed by atoms with van der Waals surface area (Å²) < 4.78 is 0. The summed E-state index contributed by atoms with van der Waals surface area (Å²) in [5.41, 5.74) is 0. The number of nitrogens with one attached hydrogen (secondary N) is 1. The molecule has 1 rings (SSSR count). The van der Waals surface area contributed by atoms with E-state index in [1.54, 1.807) is 0 Å². The number of rotatable bonds is 2. The van der Waals surface area contributed by atoms with Crippen molar-refractivity contribution in [2.24, 2.45) is 0 Å². The summed E-state index contributed by atoms with van der Waals surface area (Å²) in [7, 11) is 3.22. The SMILES string of the molecule is O=C1CN(CC[Si])C(=O)N1. The Balaban J connectivity index is 2.46. The molecule has 3 radical (unpaired) electrons. The van der Waals surface area contributed by atoms with E-state index in [0.29, 0.717) is 12.6 Å². The Morgan fingerprint density at radius 3 is 2.70 bits per heavy atom. The maximum atomic E-state index is 10.7. The van der Waals surface area contributed by atoms with Crippen LogP contribution >= 0.6 is 0 Å². The first-order valence-corrected chi connectivity index (χ1v) is 3.68.